The summed E-state index contributed by atoms with van der Waals surface area (Å²) in [6, 6.07) is 9.60. The number of para-hydroxylation sites is 1. The fraction of sp³-hybridized carbons (Fsp3) is 0.316. The highest BCUT2D eigenvalue weighted by molar-refractivity contribution is 5.71. The second-order valence-electron chi connectivity index (χ2n) is 5.98. The molecule has 8 heteroatoms. The van der Waals surface area contributed by atoms with Crippen molar-refractivity contribution in [1.29, 1.82) is 0 Å². The lowest BCUT2D eigenvalue weighted by Crippen LogP contribution is -2.10. The van der Waals surface area contributed by atoms with Crippen LogP contribution in [0.25, 0.3) is 11.4 Å². The third kappa shape index (κ3) is 4.17. The maximum atomic E-state index is 5.47. The van der Waals surface area contributed by atoms with E-state index in [1.165, 1.54) is 0 Å². The summed E-state index contributed by atoms with van der Waals surface area (Å²) in [7, 11) is 5.15. The highest BCUT2D eigenvalue weighted by Crippen LogP contribution is 2.32. The van der Waals surface area contributed by atoms with Crippen molar-refractivity contribution in [3.05, 3.63) is 41.6 Å². The van der Waals surface area contributed by atoms with Gasteiger partial charge in [-0.2, -0.15) is 5.10 Å². The number of ether oxygens (including phenoxy) is 2. The van der Waals surface area contributed by atoms with Gasteiger partial charge in [-0.15, -0.1) is 0 Å². The van der Waals surface area contributed by atoms with Crippen molar-refractivity contribution in [3.63, 3.8) is 0 Å². The number of hydrogen-bond donors (Lipinski definition) is 3. The number of benzene rings is 1. The average molecular weight is 368 g/mol. The van der Waals surface area contributed by atoms with Crippen LogP contribution in [0.15, 0.2) is 30.3 Å². The van der Waals surface area contributed by atoms with E-state index in [1.54, 1.807) is 14.2 Å². The number of hydrogen-bond acceptors (Lipinski definition) is 7. The Kier molecular flexibility index (Phi) is 5.87. The second-order valence-corrected chi connectivity index (χ2v) is 5.98. The van der Waals surface area contributed by atoms with Crippen molar-refractivity contribution in [2.75, 3.05) is 38.5 Å². The first-order valence-electron chi connectivity index (χ1n) is 8.66. The molecule has 3 rings (SSSR count). The topological polar surface area (TPSA) is 97.0 Å². The Morgan fingerprint density at radius 3 is 2.56 bits per heavy atom. The number of nitrogens with one attached hydrogen (secondary N) is 3. The molecule has 0 unspecified atom stereocenters. The number of H-pyrrole nitrogens is 1. The molecule has 0 bridgehead atoms. The molecule has 142 valence electrons. The van der Waals surface area contributed by atoms with Crippen LogP contribution in [0.1, 0.15) is 11.3 Å². The van der Waals surface area contributed by atoms with Gasteiger partial charge in [-0.25, -0.2) is 9.97 Å². The van der Waals surface area contributed by atoms with E-state index in [2.05, 4.69) is 20.8 Å². The molecule has 0 aliphatic rings. The number of aromatic nitrogens is 4. The van der Waals surface area contributed by atoms with Crippen LogP contribution in [-0.2, 0) is 11.2 Å². The van der Waals surface area contributed by atoms with E-state index >= 15 is 0 Å². The summed E-state index contributed by atoms with van der Waals surface area (Å²) in [5.74, 6) is 3.38. The van der Waals surface area contributed by atoms with E-state index in [9.17, 15) is 0 Å². The number of nitrogens with zero attached hydrogens (tertiary/aromatic N) is 3. The largest absolute Gasteiger partial charge is 0.496 e. The lowest BCUT2D eigenvalue weighted by molar-refractivity contribution is 0.202. The van der Waals surface area contributed by atoms with E-state index in [4.69, 9.17) is 19.4 Å². The van der Waals surface area contributed by atoms with Crippen LogP contribution in [0.2, 0.25) is 0 Å². The molecule has 0 saturated heterocycles. The smallest absolute Gasteiger partial charge is 0.167 e. The molecule has 27 heavy (non-hydrogen) atoms. The second kappa shape index (κ2) is 8.50. The minimum absolute atomic E-state index is 0.556. The van der Waals surface area contributed by atoms with Crippen LogP contribution >= 0.6 is 0 Å². The fourth-order valence-electron chi connectivity index (χ4n) is 2.79. The zero-order valence-corrected chi connectivity index (χ0v) is 16.0. The van der Waals surface area contributed by atoms with Crippen molar-refractivity contribution in [1.82, 2.24) is 20.2 Å². The number of rotatable bonds is 8. The summed E-state index contributed by atoms with van der Waals surface area (Å²) in [6.07, 6.45) is 0.657. The standard InChI is InChI=1S/C19H24N6O2/c1-12-11-16(25-24-12)21-19-14(9-10-26-3)17(20-2)22-18(23-19)13-7-5-6-8-15(13)27-4/h5-8,11H,9-10H2,1-4H3,(H3,20,21,22,23,24,25). The molecule has 2 heterocycles. The minimum Gasteiger partial charge on any atom is -0.496 e. The molecule has 3 N–H and O–H groups in total. The van der Waals surface area contributed by atoms with Gasteiger partial charge in [0.25, 0.3) is 0 Å². The summed E-state index contributed by atoms with van der Waals surface area (Å²) < 4.78 is 10.7. The van der Waals surface area contributed by atoms with Gasteiger partial charge in [-0.3, -0.25) is 5.10 Å². The van der Waals surface area contributed by atoms with E-state index in [0.717, 1.165) is 22.6 Å². The van der Waals surface area contributed by atoms with Gasteiger partial charge in [0.2, 0.25) is 0 Å². The quantitative estimate of drug-likeness (QED) is 0.562. The van der Waals surface area contributed by atoms with Gasteiger partial charge in [-0.05, 0) is 19.1 Å². The van der Waals surface area contributed by atoms with Crippen LogP contribution in [0.5, 0.6) is 5.75 Å². The first kappa shape index (κ1) is 18.7. The van der Waals surface area contributed by atoms with Crippen molar-refractivity contribution < 1.29 is 9.47 Å². The third-order valence-corrected chi connectivity index (χ3v) is 4.10. The number of aryl methyl sites for hydroxylation is 1. The van der Waals surface area contributed by atoms with Gasteiger partial charge in [-0.1, -0.05) is 12.1 Å². The van der Waals surface area contributed by atoms with E-state index in [0.29, 0.717) is 36.2 Å². The summed E-state index contributed by atoms with van der Waals surface area (Å²) in [6.45, 7) is 2.50. The first-order chi connectivity index (χ1) is 13.2. The predicted molar refractivity (Wildman–Crippen MR) is 106 cm³/mol. The van der Waals surface area contributed by atoms with E-state index in [1.807, 2.05) is 44.3 Å². The van der Waals surface area contributed by atoms with Gasteiger partial charge >= 0.3 is 0 Å². The molecule has 8 nitrogen and oxygen atoms in total. The summed E-state index contributed by atoms with van der Waals surface area (Å²) in [5, 5.41) is 13.6. The van der Waals surface area contributed by atoms with Crippen LogP contribution in [-0.4, -0.2) is 48.0 Å². The molecule has 0 amide bonds. The highest BCUT2D eigenvalue weighted by Gasteiger charge is 2.17. The van der Waals surface area contributed by atoms with Crippen molar-refractivity contribution in [3.8, 4) is 17.1 Å². The monoisotopic (exact) mass is 368 g/mol. The van der Waals surface area contributed by atoms with Crippen LogP contribution in [0.4, 0.5) is 17.5 Å². The third-order valence-electron chi connectivity index (χ3n) is 4.10. The van der Waals surface area contributed by atoms with Crippen molar-refractivity contribution >= 4 is 17.5 Å². The molecule has 2 aromatic heterocycles. The van der Waals surface area contributed by atoms with Crippen molar-refractivity contribution in [2.24, 2.45) is 0 Å². The summed E-state index contributed by atoms with van der Waals surface area (Å²) >= 11 is 0. The Hall–Kier alpha value is -3.13. The summed E-state index contributed by atoms with van der Waals surface area (Å²) in [5.41, 5.74) is 2.71. The lowest BCUT2D eigenvalue weighted by atomic mass is 10.1. The average Bonchev–Trinajstić information content (AvgIpc) is 3.11. The predicted octanol–water partition coefficient (Wildman–Crippen LogP) is 3.16. The zero-order valence-electron chi connectivity index (χ0n) is 16.0. The molecule has 0 fully saturated rings. The molecule has 0 radical (unpaired) electrons. The Bertz CT molecular complexity index is 909. The van der Waals surface area contributed by atoms with Gasteiger partial charge in [0.1, 0.15) is 17.4 Å². The van der Waals surface area contributed by atoms with Gasteiger partial charge < -0.3 is 20.1 Å². The number of aromatic amines is 1. The van der Waals surface area contributed by atoms with Gasteiger partial charge in [0.05, 0.1) is 19.3 Å². The first-order valence-corrected chi connectivity index (χ1v) is 8.66. The van der Waals surface area contributed by atoms with Crippen LogP contribution in [0.3, 0.4) is 0 Å². The molecular formula is C19H24N6O2. The van der Waals surface area contributed by atoms with Gasteiger partial charge in [0, 0.05) is 37.9 Å². The minimum atomic E-state index is 0.556. The molecule has 0 aliphatic carbocycles. The van der Waals surface area contributed by atoms with Gasteiger partial charge in [0.15, 0.2) is 11.6 Å². The number of anilines is 3. The zero-order chi connectivity index (χ0) is 19.2. The molecule has 3 aromatic rings. The van der Waals surface area contributed by atoms with Crippen LogP contribution in [0, 0.1) is 6.92 Å². The molecule has 0 spiro atoms. The highest BCUT2D eigenvalue weighted by atomic mass is 16.5. The molecule has 0 atom stereocenters. The Balaban J connectivity index is 2.11. The van der Waals surface area contributed by atoms with E-state index in [-0.39, 0.29) is 0 Å². The maximum Gasteiger partial charge on any atom is 0.167 e. The van der Waals surface area contributed by atoms with E-state index < -0.39 is 0 Å². The normalized spacial score (nSPS) is 10.7. The van der Waals surface area contributed by atoms with Crippen LogP contribution < -0.4 is 15.4 Å². The Morgan fingerprint density at radius 2 is 1.89 bits per heavy atom. The SMILES string of the molecule is CNc1nc(-c2ccccc2OC)nc(Nc2cc(C)[nH]n2)c1CCOC. The molecule has 1 aromatic carbocycles. The van der Waals surface area contributed by atoms with Crippen molar-refractivity contribution in [2.45, 2.75) is 13.3 Å². The Morgan fingerprint density at radius 1 is 1.11 bits per heavy atom. The number of methoxy groups -OCH3 is 2. The maximum absolute atomic E-state index is 5.47. The lowest BCUT2D eigenvalue weighted by Gasteiger charge is -2.16. The summed E-state index contributed by atoms with van der Waals surface area (Å²) in [4.78, 5) is 9.47. The molecule has 0 saturated carbocycles. The molecule has 0 aliphatic heterocycles. The Labute approximate surface area is 158 Å². The fourth-order valence-corrected chi connectivity index (χ4v) is 2.79. The molecular weight excluding hydrogens is 344 g/mol.